The lowest BCUT2D eigenvalue weighted by Crippen LogP contribution is -2.14. The van der Waals surface area contributed by atoms with Crippen LogP contribution >= 0.6 is 0 Å². The number of aromatic nitrogens is 2. The molecule has 1 aromatic heterocycles. The molecule has 0 saturated heterocycles. The third kappa shape index (κ3) is 1.61. The molecule has 0 radical (unpaired) electrons. The van der Waals surface area contributed by atoms with E-state index in [9.17, 15) is 9.59 Å². The zero-order valence-electron chi connectivity index (χ0n) is 8.23. The zero-order valence-corrected chi connectivity index (χ0v) is 8.23. The van der Waals surface area contributed by atoms with Gasteiger partial charge in [-0.3, -0.25) is 14.7 Å². The van der Waals surface area contributed by atoms with Crippen molar-refractivity contribution in [3.8, 4) is 5.69 Å². The lowest BCUT2D eigenvalue weighted by atomic mass is 10.2. The summed E-state index contributed by atoms with van der Waals surface area (Å²) in [6.45, 7) is 1.91. The molecule has 1 aromatic carbocycles. The number of carbonyl (C=O) groups is 1. The van der Waals surface area contributed by atoms with E-state index < -0.39 is 0 Å². The molecule has 76 valence electrons. The maximum absolute atomic E-state index is 11.5. The van der Waals surface area contributed by atoms with Gasteiger partial charge in [0.25, 0.3) is 5.56 Å². The van der Waals surface area contributed by atoms with Gasteiger partial charge in [0.15, 0.2) is 6.29 Å². The summed E-state index contributed by atoms with van der Waals surface area (Å²) in [4.78, 5) is 22.0. The Morgan fingerprint density at radius 3 is 2.67 bits per heavy atom. The molecule has 0 aliphatic carbocycles. The summed E-state index contributed by atoms with van der Waals surface area (Å²) in [6.07, 6.45) is 0.621. The maximum atomic E-state index is 11.5. The molecule has 0 aliphatic heterocycles. The van der Waals surface area contributed by atoms with Crippen LogP contribution in [0.25, 0.3) is 5.69 Å². The van der Waals surface area contributed by atoms with Crippen LogP contribution in [-0.2, 0) is 0 Å². The van der Waals surface area contributed by atoms with E-state index >= 15 is 0 Å². The minimum Gasteiger partial charge on any atom is -0.296 e. The fraction of sp³-hybridized carbons (Fsp3) is 0.0909. The average molecular weight is 202 g/mol. The van der Waals surface area contributed by atoms with Crippen molar-refractivity contribution in [3.05, 3.63) is 51.9 Å². The monoisotopic (exact) mass is 202 g/mol. The van der Waals surface area contributed by atoms with Crippen molar-refractivity contribution in [2.45, 2.75) is 6.92 Å². The van der Waals surface area contributed by atoms with Gasteiger partial charge in [0, 0.05) is 6.07 Å². The Morgan fingerprint density at radius 2 is 2.07 bits per heavy atom. The quantitative estimate of drug-likeness (QED) is 0.746. The van der Waals surface area contributed by atoms with Gasteiger partial charge in [0.2, 0.25) is 0 Å². The Bertz CT molecular complexity index is 552. The highest BCUT2D eigenvalue weighted by molar-refractivity contribution is 5.71. The second-order valence-corrected chi connectivity index (χ2v) is 3.29. The molecule has 0 saturated carbocycles. The average Bonchev–Trinajstić information content (AvgIpc) is 2.60. The van der Waals surface area contributed by atoms with Crippen molar-refractivity contribution in [2.24, 2.45) is 0 Å². The van der Waals surface area contributed by atoms with E-state index in [2.05, 4.69) is 5.10 Å². The molecule has 1 heterocycles. The fourth-order valence-corrected chi connectivity index (χ4v) is 1.47. The molecular weight excluding hydrogens is 192 g/mol. The minimum atomic E-state index is -0.230. The number of aryl methyl sites for hydroxylation is 1. The number of carbonyl (C=O) groups excluding carboxylic acids is 1. The fourth-order valence-electron chi connectivity index (χ4n) is 1.47. The van der Waals surface area contributed by atoms with Crippen LogP contribution in [0.5, 0.6) is 0 Å². The van der Waals surface area contributed by atoms with Crippen molar-refractivity contribution in [1.29, 1.82) is 0 Å². The highest BCUT2D eigenvalue weighted by Crippen LogP contribution is 2.09. The van der Waals surface area contributed by atoms with Crippen LogP contribution in [0.4, 0.5) is 0 Å². The molecule has 2 aromatic rings. The number of aromatic amines is 1. The van der Waals surface area contributed by atoms with Gasteiger partial charge in [0.1, 0.15) is 0 Å². The van der Waals surface area contributed by atoms with Gasteiger partial charge in [-0.2, -0.15) is 0 Å². The summed E-state index contributed by atoms with van der Waals surface area (Å²) < 4.78 is 1.36. The van der Waals surface area contributed by atoms with Crippen LogP contribution in [0.2, 0.25) is 0 Å². The highest BCUT2D eigenvalue weighted by atomic mass is 16.1. The van der Waals surface area contributed by atoms with E-state index in [1.54, 1.807) is 0 Å². The van der Waals surface area contributed by atoms with Crippen LogP contribution in [0.1, 0.15) is 16.1 Å². The van der Waals surface area contributed by atoms with Gasteiger partial charge < -0.3 is 0 Å². The van der Waals surface area contributed by atoms with Gasteiger partial charge in [-0.05, 0) is 18.6 Å². The van der Waals surface area contributed by atoms with Gasteiger partial charge in [-0.15, -0.1) is 0 Å². The largest absolute Gasteiger partial charge is 0.296 e. The first kappa shape index (κ1) is 9.45. The molecule has 0 spiro atoms. The number of rotatable bonds is 2. The lowest BCUT2D eigenvalue weighted by molar-refractivity contribution is 0.111. The molecule has 0 fully saturated rings. The second kappa shape index (κ2) is 3.57. The molecule has 4 heteroatoms. The number of H-pyrrole nitrogens is 1. The van der Waals surface area contributed by atoms with Crippen LogP contribution in [0.15, 0.2) is 35.1 Å². The van der Waals surface area contributed by atoms with E-state index in [-0.39, 0.29) is 11.3 Å². The van der Waals surface area contributed by atoms with Gasteiger partial charge in [-0.1, -0.05) is 18.2 Å². The van der Waals surface area contributed by atoms with E-state index in [0.717, 1.165) is 11.3 Å². The summed E-state index contributed by atoms with van der Waals surface area (Å²) in [5.41, 5.74) is 1.78. The lowest BCUT2D eigenvalue weighted by Gasteiger charge is -2.04. The Balaban J connectivity index is 2.64. The summed E-state index contributed by atoms with van der Waals surface area (Å²) >= 11 is 0. The minimum absolute atomic E-state index is 0.230. The maximum Gasteiger partial charge on any atom is 0.271 e. The van der Waals surface area contributed by atoms with E-state index in [4.69, 9.17) is 0 Å². The predicted octanol–water partition coefficient (Wildman–Crippen LogP) is 1.29. The molecule has 0 atom stereocenters. The Hall–Kier alpha value is -2.10. The molecule has 4 nitrogen and oxygen atoms in total. The first-order chi connectivity index (χ1) is 7.22. The molecule has 1 N–H and O–H groups in total. The number of hydrogen-bond donors (Lipinski definition) is 1. The molecule has 0 unspecified atom stereocenters. The number of nitrogens with zero attached hydrogens (tertiary/aromatic N) is 1. The number of benzene rings is 1. The first-order valence-corrected chi connectivity index (χ1v) is 4.55. The van der Waals surface area contributed by atoms with Crippen molar-refractivity contribution in [2.75, 3.05) is 0 Å². The SMILES string of the molecule is Cc1ccccc1-n1[nH]c(C=O)cc1=O. The van der Waals surface area contributed by atoms with Crippen LogP contribution in [-0.4, -0.2) is 16.1 Å². The topological polar surface area (TPSA) is 54.9 Å². The Kier molecular flexibility index (Phi) is 2.25. The predicted molar refractivity (Wildman–Crippen MR) is 56.5 cm³/mol. The normalized spacial score (nSPS) is 10.2. The molecule has 0 bridgehead atoms. The molecule has 15 heavy (non-hydrogen) atoms. The number of hydrogen-bond acceptors (Lipinski definition) is 2. The number of aldehydes is 1. The standard InChI is InChI=1S/C11H10N2O2/c1-8-4-2-3-5-10(8)13-11(15)6-9(7-14)12-13/h2-7,12H,1H3. The second-order valence-electron chi connectivity index (χ2n) is 3.29. The van der Waals surface area contributed by atoms with Crippen LogP contribution < -0.4 is 5.56 Å². The van der Waals surface area contributed by atoms with Crippen molar-refractivity contribution in [3.63, 3.8) is 0 Å². The van der Waals surface area contributed by atoms with E-state index in [0.29, 0.717) is 6.29 Å². The molecule has 0 amide bonds. The highest BCUT2D eigenvalue weighted by Gasteiger charge is 2.05. The Morgan fingerprint density at radius 1 is 1.33 bits per heavy atom. The zero-order chi connectivity index (χ0) is 10.8. The number of nitrogens with one attached hydrogen (secondary N) is 1. The number of para-hydroxylation sites is 1. The molecular formula is C11H10N2O2. The van der Waals surface area contributed by atoms with Gasteiger partial charge in [0.05, 0.1) is 11.4 Å². The van der Waals surface area contributed by atoms with Crippen molar-refractivity contribution in [1.82, 2.24) is 9.78 Å². The van der Waals surface area contributed by atoms with Crippen molar-refractivity contribution < 1.29 is 4.79 Å². The first-order valence-electron chi connectivity index (χ1n) is 4.55. The summed E-state index contributed by atoms with van der Waals surface area (Å²) in [5, 5.41) is 2.72. The van der Waals surface area contributed by atoms with Crippen molar-refractivity contribution >= 4 is 6.29 Å². The smallest absolute Gasteiger partial charge is 0.271 e. The summed E-state index contributed by atoms with van der Waals surface area (Å²) in [7, 11) is 0. The third-order valence-electron chi connectivity index (χ3n) is 2.22. The summed E-state index contributed by atoms with van der Waals surface area (Å²) in [6, 6.07) is 8.74. The Labute approximate surface area is 86.1 Å². The van der Waals surface area contributed by atoms with Gasteiger partial charge >= 0.3 is 0 Å². The van der Waals surface area contributed by atoms with Crippen LogP contribution in [0, 0.1) is 6.92 Å². The van der Waals surface area contributed by atoms with E-state index in [1.807, 2.05) is 31.2 Å². The van der Waals surface area contributed by atoms with Crippen LogP contribution in [0.3, 0.4) is 0 Å². The van der Waals surface area contributed by atoms with E-state index in [1.165, 1.54) is 10.7 Å². The third-order valence-corrected chi connectivity index (χ3v) is 2.22. The van der Waals surface area contributed by atoms with Gasteiger partial charge in [-0.25, -0.2) is 4.68 Å². The molecule has 0 aliphatic rings. The summed E-state index contributed by atoms with van der Waals surface area (Å²) in [5.74, 6) is 0. The molecule has 2 rings (SSSR count).